The number of benzene rings is 1. The molecule has 1 amide bonds. The Morgan fingerprint density at radius 1 is 1.37 bits per heavy atom. The Morgan fingerprint density at radius 3 is 2.53 bits per heavy atom. The van der Waals surface area contributed by atoms with Crippen LogP contribution in [0.15, 0.2) is 17.0 Å². The third kappa shape index (κ3) is 4.60. The fourth-order valence-electron chi connectivity index (χ4n) is 1.76. The first-order valence-electron chi connectivity index (χ1n) is 6.23. The number of nitrogens with two attached hydrogens (primary N) is 2. The first-order chi connectivity index (χ1) is 8.99. The van der Waals surface area contributed by atoms with Crippen molar-refractivity contribution in [3.05, 3.63) is 22.7 Å². The summed E-state index contributed by atoms with van der Waals surface area (Å²) in [6.45, 7) is 7.21. The number of nitrogen functional groups attached to an aromatic ring is 1. The van der Waals surface area contributed by atoms with E-state index in [2.05, 4.69) is 18.7 Å². The van der Waals surface area contributed by atoms with E-state index in [1.54, 1.807) is 12.1 Å². The van der Waals surface area contributed by atoms with Crippen molar-refractivity contribution in [2.45, 2.75) is 18.7 Å². The number of hydrogen-bond acceptors (Lipinski definition) is 4. The maximum atomic E-state index is 11.4. The number of nitrogens with zero attached hydrogens (tertiary/aromatic N) is 1. The number of hydrogen-bond donors (Lipinski definition) is 2. The highest BCUT2D eigenvalue weighted by Crippen LogP contribution is 2.32. The number of rotatable bonds is 7. The lowest BCUT2D eigenvalue weighted by Crippen LogP contribution is -2.25. The average Bonchev–Trinajstić information content (AvgIpc) is 2.36. The summed E-state index contributed by atoms with van der Waals surface area (Å²) in [6, 6.07) is 3.22. The SMILES string of the molecule is CCN(CC)CCSc1c(Cl)cc(N)cc1C(N)=O. The van der Waals surface area contributed by atoms with Crippen LogP contribution in [0.5, 0.6) is 0 Å². The Morgan fingerprint density at radius 2 is 2.00 bits per heavy atom. The molecule has 0 aliphatic heterocycles. The maximum absolute atomic E-state index is 11.4. The molecule has 106 valence electrons. The van der Waals surface area contributed by atoms with Crippen LogP contribution in [-0.2, 0) is 0 Å². The highest BCUT2D eigenvalue weighted by atomic mass is 35.5. The zero-order valence-corrected chi connectivity index (χ0v) is 12.9. The number of primary amides is 1. The van der Waals surface area contributed by atoms with Crippen LogP contribution in [0.3, 0.4) is 0 Å². The molecule has 0 saturated heterocycles. The van der Waals surface area contributed by atoms with E-state index in [9.17, 15) is 4.79 Å². The summed E-state index contributed by atoms with van der Waals surface area (Å²) in [5.74, 6) is 0.352. The Balaban J connectivity index is 2.80. The van der Waals surface area contributed by atoms with Crippen molar-refractivity contribution in [3.8, 4) is 0 Å². The topological polar surface area (TPSA) is 72.3 Å². The molecule has 0 unspecified atom stereocenters. The summed E-state index contributed by atoms with van der Waals surface area (Å²) >= 11 is 7.68. The van der Waals surface area contributed by atoms with E-state index in [-0.39, 0.29) is 0 Å². The molecule has 0 heterocycles. The van der Waals surface area contributed by atoms with E-state index in [0.717, 1.165) is 30.3 Å². The Kier molecular flexibility index (Phi) is 6.48. The normalized spacial score (nSPS) is 10.9. The summed E-state index contributed by atoms with van der Waals surface area (Å²) in [4.78, 5) is 14.4. The minimum absolute atomic E-state index is 0.398. The number of carbonyl (C=O) groups excluding carboxylic acids is 1. The van der Waals surface area contributed by atoms with Crippen LogP contribution in [-0.4, -0.2) is 36.2 Å². The molecule has 0 aliphatic carbocycles. The molecular weight excluding hydrogens is 282 g/mol. The summed E-state index contributed by atoms with van der Waals surface area (Å²) in [5, 5.41) is 0.485. The molecular formula is C13H20ClN3OS. The molecule has 6 heteroatoms. The van der Waals surface area contributed by atoms with Crippen LogP contribution in [0.4, 0.5) is 5.69 Å². The van der Waals surface area contributed by atoms with E-state index in [4.69, 9.17) is 23.1 Å². The molecule has 19 heavy (non-hydrogen) atoms. The lowest BCUT2D eigenvalue weighted by Gasteiger charge is -2.18. The van der Waals surface area contributed by atoms with Crippen molar-refractivity contribution in [1.29, 1.82) is 0 Å². The fraction of sp³-hybridized carbons (Fsp3) is 0.462. The van der Waals surface area contributed by atoms with Crippen molar-refractivity contribution in [2.75, 3.05) is 31.1 Å². The van der Waals surface area contributed by atoms with Crippen molar-refractivity contribution >= 4 is 35.0 Å². The fourth-order valence-corrected chi connectivity index (χ4v) is 3.22. The predicted molar refractivity (Wildman–Crippen MR) is 82.9 cm³/mol. The van der Waals surface area contributed by atoms with E-state index in [1.807, 2.05) is 0 Å². The number of halogens is 1. The number of carbonyl (C=O) groups is 1. The van der Waals surface area contributed by atoms with Gasteiger partial charge in [0.25, 0.3) is 0 Å². The van der Waals surface area contributed by atoms with Crippen LogP contribution in [0.1, 0.15) is 24.2 Å². The van der Waals surface area contributed by atoms with Gasteiger partial charge in [0.1, 0.15) is 0 Å². The van der Waals surface area contributed by atoms with Gasteiger partial charge in [-0.2, -0.15) is 0 Å². The predicted octanol–water partition coefficient (Wildman–Crippen LogP) is 2.46. The smallest absolute Gasteiger partial charge is 0.249 e. The summed E-state index contributed by atoms with van der Waals surface area (Å²) in [5.41, 5.74) is 11.9. The second kappa shape index (κ2) is 7.62. The molecule has 4 nitrogen and oxygen atoms in total. The molecule has 1 aromatic rings. The summed E-state index contributed by atoms with van der Waals surface area (Å²) in [6.07, 6.45) is 0. The van der Waals surface area contributed by atoms with Gasteiger partial charge in [-0.1, -0.05) is 25.4 Å². The third-order valence-electron chi connectivity index (χ3n) is 2.88. The van der Waals surface area contributed by atoms with Gasteiger partial charge in [0, 0.05) is 22.9 Å². The lowest BCUT2D eigenvalue weighted by atomic mass is 10.2. The Hall–Kier alpha value is -0.910. The minimum atomic E-state index is -0.500. The zero-order chi connectivity index (χ0) is 14.4. The molecule has 0 fully saturated rings. The third-order valence-corrected chi connectivity index (χ3v) is 4.41. The summed E-state index contributed by atoms with van der Waals surface area (Å²) in [7, 11) is 0. The zero-order valence-electron chi connectivity index (χ0n) is 11.3. The Bertz CT molecular complexity index is 450. The first-order valence-corrected chi connectivity index (χ1v) is 7.59. The van der Waals surface area contributed by atoms with Crippen LogP contribution in [0.25, 0.3) is 0 Å². The molecule has 1 aromatic carbocycles. The number of amides is 1. The molecule has 4 N–H and O–H groups in total. The van der Waals surface area contributed by atoms with Crippen molar-refractivity contribution < 1.29 is 4.79 Å². The van der Waals surface area contributed by atoms with Gasteiger partial charge in [-0.3, -0.25) is 4.79 Å². The molecule has 1 rings (SSSR count). The van der Waals surface area contributed by atoms with Crippen LogP contribution in [0, 0.1) is 0 Å². The van der Waals surface area contributed by atoms with Gasteiger partial charge in [-0.15, -0.1) is 11.8 Å². The maximum Gasteiger partial charge on any atom is 0.249 e. The highest BCUT2D eigenvalue weighted by Gasteiger charge is 2.14. The van der Waals surface area contributed by atoms with Crippen LogP contribution < -0.4 is 11.5 Å². The van der Waals surface area contributed by atoms with Gasteiger partial charge in [0.05, 0.1) is 10.6 Å². The van der Waals surface area contributed by atoms with Crippen LogP contribution in [0.2, 0.25) is 5.02 Å². The highest BCUT2D eigenvalue weighted by molar-refractivity contribution is 7.99. The molecule has 0 saturated carbocycles. The molecule has 0 bridgehead atoms. The van der Waals surface area contributed by atoms with Gasteiger partial charge in [0.15, 0.2) is 0 Å². The molecule has 0 spiro atoms. The molecule has 0 atom stereocenters. The first kappa shape index (κ1) is 16.1. The van der Waals surface area contributed by atoms with Crippen molar-refractivity contribution in [3.63, 3.8) is 0 Å². The monoisotopic (exact) mass is 301 g/mol. The quantitative estimate of drug-likeness (QED) is 0.599. The van der Waals surface area contributed by atoms with E-state index in [0.29, 0.717) is 16.3 Å². The largest absolute Gasteiger partial charge is 0.399 e. The van der Waals surface area contributed by atoms with Gasteiger partial charge < -0.3 is 16.4 Å². The molecule has 0 aliphatic rings. The summed E-state index contributed by atoms with van der Waals surface area (Å²) < 4.78 is 0. The van der Waals surface area contributed by atoms with E-state index in [1.165, 1.54) is 11.8 Å². The van der Waals surface area contributed by atoms with Crippen molar-refractivity contribution in [2.24, 2.45) is 5.73 Å². The van der Waals surface area contributed by atoms with Gasteiger partial charge >= 0.3 is 0 Å². The van der Waals surface area contributed by atoms with E-state index < -0.39 is 5.91 Å². The second-order valence-electron chi connectivity index (χ2n) is 4.12. The van der Waals surface area contributed by atoms with E-state index >= 15 is 0 Å². The second-order valence-corrected chi connectivity index (χ2v) is 5.63. The number of thioether (sulfide) groups is 1. The van der Waals surface area contributed by atoms with Crippen molar-refractivity contribution in [1.82, 2.24) is 4.90 Å². The van der Waals surface area contributed by atoms with Crippen LogP contribution >= 0.6 is 23.4 Å². The minimum Gasteiger partial charge on any atom is -0.399 e. The van der Waals surface area contributed by atoms with Gasteiger partial charge in [0.2, 0.25) is 5.91 Å². The van der Waals surface area contributed by atoms with Gasteiger partial charge in [-0.25, -0.2) is 0 Å². The lowest BCUT2D eigenvalue weighted by molar-refractivity contribution is 0.0997. The Labute approximate surface area is 123 Å². The number of anilines is 1. The average molecular weight is 302 g/mol. The molecule has 0 radical (unpaired) electrons. The van der Waals surface area contributed by atoms with Gasteiger partial charge in [-0.05, 0) is 25.2 Å². The molecule has 0 aromatic heterocycles. The standard InChI is InChI=1S/C13H20ClN3OS/c1-3-17(4-2)5-6-19-12-10(13(16)18)7-9(15)8-11(12)14/h7-8H,3-6,15H2,1-2H3,(H2,16,18).